The lowest BCUT2D eigenvalue weighted by atomic mass is 10.1. The van der Waals surface area contributed by atoms with Crippen molar-refractivity contribution in [2.75, 3.05) is 13.2 Å². The Hall–Kier alpha value is -1.44. The molecule has 0 radical (unpaired) electrons. The first-order chi connectivity index (χ1) is 8.42. The second-order valence-corrected chi connectivity index (χ2v) is 9.84. The molecule has 0 fully saturated rings. The van der Waals surface area contributed by atoms with E-state index in [1.807, 2.05) is 0 Å². The molecule has 0 aromatic heterocycles. The molecule has 0 atom stereocenters. The maximum Gasteiger partial charge on any atom is 0.129 e. The van der Waals surface area contributed by atoms with Crippen molar-refractivity contribution in [3.63, 3.8) is 0 Å². The van der Waals surface area contributed by atoms with Crippen molar-refractivity contribution in [3.8, 4) is 23.0 Å². The van der Waals surface area contributed by atoms with E-state index in [4.69, 9.17) is 9.84 Å². The molecule has 0 saturated heterocycles. The molecule has 0 heterocycles. The number of benzene rings is 1. The molecular formula is C14H20O3Si. The molecule has 0 aliphatic carbocycles. The Bertz CT molecular complexity index is 452. The van der Waals surface area contributed by atoms with Crippen molar-refractivity contribution in [2.24, 2.45) is 0 Å². The van der Waals surface area contributed by atoms with Crippen LogP contribution in [0.5, 0.6) is 11.5 Å². The normalized spacial score (nSPS) is 10.7. The molecule has 4 heteroatoms. The van der Waals surface area contributed by atoms with Gasteiger partial charge in [-0.05, 0) is 18.2 Å². The standard InChI is InChI=1S/C14H20O3Si/c1-18(2,3)10-4-5-12-11-13(17-9-8-15)6-7-14(12)16/h6-7,11,15-16H,5,8-9H2,1-3H3. The molecule has 0 spiro atoms. The van der Waals surface area contributed by atoms with E-state index >= 15 is 0 Å². The Labute approximate surface area is 109 Å². The maximum absolute atomic E-state index is 9.73. The van der Waals surface area contributed by atoms with Gasteiger partial charge in [0.15, 0.2) is 0 Å². The van der Waals surface area contributed by atoms with Crippen LogP contribution in [-0.2, 0) is 6.42 Å². The van der Waals surface area contributed by atoms with E-state index in [1.54, 1.807) is 18.2 Å². The van der Waals surface area contributed by atoms with Crippen molar-refractivity contribution in [1.29, 1.82) is 0 Å². The number of hydrogen-bond acceptors (Lipinski definition) is 3. The fraction of sp³-hybridized carbons (Fsp3) is 0.429. The molecule has 0 bridgehead atoms. The minimum atomic E-state index is -1.37. The molecule has 0 aliphatic rings. The number of aliphatic hydroxyl groups is 1. The first-order valence-electron chi connectivity index (χ1n) is 5.98. The highest BCUT2D eigenvalue weighted by Crippen LogP contribution is 2.23. The van der Waals surface area contributed by atoms with Crippen LogP contribution in [0.4, 0.5) is 0 Å². The topological polar surface area (TPSA) is 49.7 Å². The van der Waals surface area contributed by atoms with Crippen molar-refractivity contribution >= 4 is 8.07 Å². The first-order valence-corrected chi connectivity index (χ1v) is 9.48. The van der Waals surface area contributed by atoms with Crippen molar-refractivity contribution in [1.82, 2.24) is 0 Å². The molecule has 1 rings (SSSR count). The summed E-state index contributed by atoms with van der Waals surface area (Å²) in [5.74, 6) is 3.99. The van der Waals surface area contributed by atoms with E-state index in [0.717, 1.165) is 5.56 Å². The highest BCUT2D eigenvalue weighted by Gasteiger charge is 2.08. The van der Waals surface area contributed by atoms with E-state index in [1.165, 1.54) is 0 Å². The monoisotopic (exact) mass is 264 g/mol. The molecule has 0 unspecified atom stereocenters. The first kappa shape index (κ1) is 14.6. The van der Waals surface area contributed by atoms with E-state index in [9.17, 15) is 5.11 Å². The van der Waals surface area contributed by atoms with Crippen LogP contribution in [0.1, 0.15) is 5.56 Å². The van der Waals surface area contributed by atoms with Crippen molar-refractivity contribution < 1.29 is 14.9 Å². The number of aliphatic hydroxyl groups excluding tert-OH is 1. The molecule has 0 aliphatic heterocycles. The van der Waals surface area contributed by atoms with Crippen LogP contribution in [0.2, 0.25) is 19.6 Å². The lowest BCUT2D eigenvalue weighted by Crippen LogP contribution is -2.16. The van der Waals surface area contributed by atoms with Crippen molar-refractivity contribution in [2.45, 2.75) is 26.1 Å². The van der Waals surface area contributed by atoms with E-state index in [0.29, 0.717) is 12.2 Å². The van der Waals surface area contributed by atoms with Crippen LogP contribution in [0.3, 0.4) is 0 Å². The van der Waals surface area contributed by atoms with Crippen molar-refractivity contribution in [3.05, 3.63) is 23.8 Å². The molecule has 0 amide bonds. The largest absolute Gasteiger partial charge is 0.508 e. The highest BCUT2D eigenvalue weighted by atomic mass is 28.3. The third kappa shape index (κ3) is 5.26. The number of ether oxygens (including phenoxy) is 1. The lowest BCUT2D eigenvalue weighted by Gasteiger charge is -2.07. The average Bonchev–Trinajstić information content (AvgIpc) is 2.28. The molecular weight excluding hydrogens is 244 g/mol. The summed E-state index contributed by atoms with van der Waals surface area (Å²) >= 11 is 0. The van der Waals surface area contributed by atoms with Gasteiger partial charge >= 0.3 is 0 Å². The third-order valence-corrected chi connectivity index (χ3v) is 3.08. The van der Waals surface area contributed by atoms with Crippen LogP contribution < -0.4 is 4.74 Å². The number of aromatic hydroxyl groups is 1. The number of phenols is 1. The van der Waals surface area contributed by atoms with Crippen LogP contribution >= 0.6 is 0 Å². The number of rotatable bonds is 4. The minimum absolute atomic E-state index is 0.0222. The quantitative estimate of drug-likeness (QED) is 0.647. The lowest BCUT2D eigenvalue weighted by molar-refractivity contribution is 0.201. The average molecular weight is 264 g/mol. The summed E-state index contributed by atoms with van der Waals surface area (Å²) in [6.07, 6.45) is 0.520. The van der Waals surface area contributed by atoms with E-state index in [2.05, 4.69) is 31.1 Å². The fourth-order valence-corrected chi connectivity index (χ4v) is 1.98. The predicted molar refractivity (Wildman–Crippen MR) is 75.5 cm³/mol. The zero-order chi connectivity index (χ0) is 13.6. The molecule has 18 heavy (non-hydrogen) atoms. The molecule has 2 N–H and O–H groups in total. The van der Waals surface area contributed by atoms with Crippen LogP contribution in [0, 0.1) is 11.5 Å². The summed E-state index contributed by atoms with van der Waals surface area (Å²) in [5.41, 5.74) is 4.02. The van der Waals surface area contributed by atoms with Crippen LogP contribution in [-0.4, -0.2) is 31.5 Å². The van der Waals surface area contributed by atoms with Crippen LogP contribution in [0.15, 0.2) is 18.2 Å². The molecule has 1 aromatic rings. The third-order valence-electron chi connectivity index (χ3n) is 2.15. The van der Waals surface area contributed by atoms with E-state index in [-0.39, 0.29) is 19.0 Å². The molecule has 3 nitrogen and oxygen atoms in total. The maximum atomic E-state index is 9.73. The second-order valence-electron chi connectivity index (χ2n) is 5.09. The van der Waals surface area contributed by atoms with Gasteiger partial charge in [0, 0.05) is 12.0 Å². The van der Waals surface area contributed by atoms with Gasteiger partial charge in [-0.1, -0.05) is 19.6 Å². The highest BCUT2D eigenvalue weighted by molar-refractivity contribution is 6.83. The summed E-state index contributed by atoms with van der Waals surface area (Å²) in [6.45, 7) is 6.78. The second kappa shape index (κ2) is 6.48. The number of hydrogen-bond donors (Lipinski definition) is 2. The summed E-state index contributed by atoms with van der Waals surface area (Å²) in [6, 6.07) is 5.04. The zero-order valence-electron chi connectivity index (χ0n) is 11.2. The fourth-order valence-electron chi connectivity index (χ4n) is 1.36. The Morgan fingerprint density at radius 3 is 2.61 bits per heavy atom. The van der Waals surface area contributed by atoms with E-state index < -0.39 is 8.07 Å². The van der Waals surface area contributed by atoms with Gasteiger partial charge in [0.1, 0.15) is 26.2 Å². The smallest absolute Gasteiger partial charge is 0.129 e. The minimum Gasteiger partial charge on any atom is -0.508 e. The number of phenolic OH excluding ortho intramolecular Hbond substituents is 1. The van der Waals surface area contributed by atoms with Gasteiger partial charge in [0.05, 0.1) is 6.61 Å². The summed E-state index contributed by atoms with van der Waals surface area (Å²) in [4.78, 5) is 0. The summed E-state index contributed by atoms with van der Waals surface area (Å²) in [5, 5.41) is 18.4. The Balaban J connectivity index is 2.77. The van der Waals surface area contributed by atoms with Gasteiger partial charge < -0.3 is 14.9 Å². The van der Waals surface area contributed by atoms with Gasteiger partial charge in [-0.2, -0.15) is 0 Å². The van der Waals surface area contributed by atoms with Crippen LogP contribution in [0.25, 0.3) is 0 Å². The molecule has 0 saturated carbocycles. The van der Waals surface area contributed by atoms with Gasteiger partial charge in [-0.15, -0.1) is 11.5 Å². The van der Waals surface area contributed by atoms with Gasteiger partial charge in [0.2, 0.25) is 0 Å². The van der Waals surface area contributed by atoms with Gasteiger partial charge in [-0.25, -0.2) is 0 Å². The zero-order valence-corrected chi connectivity index (χ0v) is 12.2. The van der Waals surface area contributed by atoms with Gasteiger partial charge in [0.25, 0.3) is 0 Å². The Kier molecular flexibility index (Phi) is 5.26. The summed E-state index contributed by atoms with van der Waals surface area (Å²) in [7, 11) is -1.37. The Morgan fingerprint density at radius 1 is 1.28 bits per heavy atom. The SMILES string of the molecule is C[Si](C)(C)C#CCc1cc(OCCO)ccc1O. The molecule has 98 valence electrons. The summed E-state index contributed by atoms with van der Waals surface area (Å²) < 4.78 is 5.30. The Morgan fingerprint density at radius 2 is 2.00 bits per heavy atom. The van der Waals surface area contributed by atoms with Gasteiger partial charge in [-0.3, -0.25) is 0 Å². The molecule has 1 aromatic carbocycles. The predicted octanol–water partition coefficient (Wildman–Crippen LogP) is 2.19.